The summed E-state index contributed by atoms with van der Waals surface area (Å²) in [6.07, 6.45) is 11.1. The van der Waals surface area contributed by atoms with Crippen molar-refractivity contribution in [1.82, 2.24) is 0 Å². The monoisotopic (exact) mass is 294 g/mol. The molecule has 0 fully saturated rings. The standard InChI is InChI=1S/C14H31O2PS/c1-4-6-8-10-12-14(3,17(15,16)18)13-11-9-7-5-2/h4-13H2,1-3H3,(H2,15,16,18). The second-order valence-corrected chi connectivity index (χ2v) is 9.36. The Labute approximate surface area is 118 Å². The Hall–Kier alpha value is 0.570. The largest absolute Gasteiger partial charge is 0.345 e. The van der Waals surface area contributed by atoms with Crippen LogP contribution in [0.1, 0.15) is 85.0 Å². The van der Waals surface area contributed by atoms with E-state index < -0.39 is 11.6 Å². The summed E-state index contributed by atoms with van der Waals surface area (Å²) >= 11 is 5.00. The Balaban J connectivity index is 4.22. The molecule has 2 N–H and O–H groups in total. The fraction of sp³-hybridized carbons (Fsp3) is 1.00. The van der Waals surface area contributed by atoms with Gasteiger partial charge in [0.25, 0.3) is 0 Å². The van der Waals surface area contributed by atoms with Gasteiger partial charge in [-0.05, 0) is 24.6 Å². The van der Waals surface area contributed by atoms with Crippen molar-refractivity contribution in [2.24, 2.45) is 0 Å². The van der Waals surface area contributed by atoms with Crippen molar-refractivity contribution >= 4 is 18.3 Å². The smallest absolute Gasteiger partial charge is 0.189 e. The minimum absolute atomic E-state index is 0.427. The van der Waals surface area contributed by atoms with Gasteiger partial charge in [-0.15, -0.1) is 0 Å². The third kappa shape index (κ3) is 7.23. The Kier molecular flexibility index (Phi) is 9.77. The van der Waals surface area contributed by atoms with Crippen molar-refractivity contribution in [3.8, 4) is 0 Å². The lowest BCUT2D eigenvalue weighted by Gasteiger charge is -2.33. The minimum atomic E-state index is -3.15. The molecule has 18 heavy (non-hydrogen) atoms. The first-order valence-electron chi connectivity index (χ1n) is 7.43. The van der Waals surface area contributed by atoms with Crippen molar-refractivity contribution in [1.29, 1.82) is 0 Å². The summed E-state index contributed by atoms with van der Waals surface area (Å²) in [5.41, 5.74) is 0. The molecule has 0 saturated carbocycles. The molecule has 0 aromatic carbocycles. The molecule has 0 bridgehead atoms. The maximum atomic E-state index is 9.93. The van der Waals surface area contributed by atoms with Gasteiger partial charge >= 0.3 is 0 Å². The molecule has 0 aliphatic carbocycles. The highest BCUT2D eigenvalue weighted by molar-refractivity contribution is 8.09. The molecule has 0 aromatic rings. The summed E-state index contributed by atoms with van der Waals surface area (Å²) in [5.74, 6) is 0. The Bertz CT molecular complexity index is 238. The van der Waals surface area contributed by atoms with Gasteiger partial charge in [-0.1, -0.05) is 72.1 Å². The van der Waals surface area contributed by atoms with Crippen LogP contribution in [-0.4, -0.2) is 14.9 Å². The van der Waals surface area contributed by atoms with Crippen LogP contribution in [-0.2, 0) is 11.8 Å². The summed E-state index contributed by atoms with van der Waals surface area (Å²) in [4.78, 5) is 19.9. The number of hydrogen-bond donors (Lipinski definition) is 2. The molecule has 0 aromatic heterocycles. The fourth-order valence-corrected chi connectivity index (χ4v) is 3.73. The minimum Gasteiger partial charge on any atom is -0.345 e. The summed E-state index contributed by atoms with van der Waals surface area (Å²) in [6, 6.07) is 0. The molecule has 0 rings (SSSR count). The zero-order valence-electron chi connectivity index (χ0n) is 12.3. The van der Waals surface area contributed by atoms with Crippen LogP contribution in [0, 0.1) is 0 Å². The summed E-state index contributed by atoms with van der Waals surface area (Å²) in [5, 5.41) is -0.427. The van der Waals surface area contributed by atoms with Crippen molar-refractivity contribution in [3.63, 3.8) is 0 Å². The molecular weight excluding hydrogens is 263 g/mol. The Morgan fingerprint density at radius 2 is 1.22 bits per heavy atom. The van der Waals surface area contributed by atoms with Gasteiger partial charge < -0.3 is 9.79 Å². The highest BCUT2D eigenvalue weighted by atomic mass is 32.5. The van der Waals surface area contributed by atoms with Gasteiger partial charge in [0.05, 0.1) is 0 Å². The normalized spacial score (nSPS) is 12.9. The zero-order valence-corrected chi connectivity index (χ0v) is 14.0. The van der Waals surface area contributed by atoms with Crippen LogP contribution in [0.2, 0.25) is 0 Å². The Morgan fingerprint density at radius 1 is 0.833 bits per heavy atom. The van der Waals surface area contributed by atoms with E-state index in [1.807, 2.05) is 6.92 Å². The SMILES string of the molecule is CCCCCCC(C)(CCCCCC)P(O)(O)=S. The molecule has 0 unspecified atom stereocenters. The highest BCUT2D eigenvalue weighted by Gasteiger charge is 2.36. The lowest BCUT2D eigenvalue weighted by atomic mass is 9.95. The van der Waals surface area contributed by atoms with Crippen molar-refractivity contribution in [3.05, 3.63) is 0 Å². The summed E-state index contributed by atoms with van der Waals surface area (Å²) in [6.45, 7) is 3.20. The first-order chi connectivity index (χ1) is 8.37. The molecule has 0 radical (unpaired) electrons. The molecule has 2 nitrogen and oxygen atoms in total. The van der Waals surface area contributed by atoms with Crippen LogP contribution in [0.25, 0.3) is 0 Å². The van der Waals surface area contributed by atoms with E-state index in [1.54, 1.807) is 0 Å². The molecule has 110 valence electrons. The molecule has 0 aliphatic heterocycles. The molecule has 0 spiro atoms. The van der Waals surface area contributed by atoms with Crippen molar-refractivity contribution < 1.29 is 9.79 Å². The van der Waals surface area contributed by atoms with Gasteiger partial charge in [0.15, 0.2) is 6.49 Å². The number of rotatable bonds is 11. The molecular formula is C14H31O2PS. The summed E-state index contributed by atoms with van der Waals surface area (Å²) < 4.78 is 0. The highest BCUT2D eigenvalue weighted by Crippen LogP contribution is 2.56. The van der Waals surface area contributed by atoms with E-state index in [0.29, 0.717) is 0 Å². The fourth-order valence-electron chi connectivity index (χ4n) is 2.28. The molecule has 0 atom stereocenters. The van der Waals surface area contributed by atoms with E-state index in [4.69, 9.17) is 11.8 Å². The zero-order chi connectivity index (χ0) is 14.1. The van der Waals surface area contributed by atoms with Crippen LogP contribution in [0.4, 0.5) is 0 Å². The molecule has 0 heterocycles. The van der Waals surface area contributed by atoms with Gasteiger partial charge in [-0.3, -0.25) is 0 Å². The van der Waals surface area contributed by atoms with Crippen LogP contribution < -0.4 is 0 Å². The van der Waals surface area contributed by atoms with Crippen molar-refractivity contribution in [2.75, 3.05) is 0 Å². The number of unbranched alkanes of at least 4 members (excludes halogenated alkanes) is 6. The molecule has 4 heteroatoms. The molecule has 0 amide bonds. The quantitative estimate of drug-likeness (QED) is 0.417. The van der Waals surface area contributed by atoms with Crippen LogP contribution in [0.3, 0.4) is 0 Å². The van der Waals surface area contributed by atoms with Crippen molar-refractivity contribution in [2.45, 2.75) is 90.1 Å². The van der Waals surface area contributed by atoms with E-state index in [-0.39, 0.29) is 0 Å². The first-order valence-corrected chi connectivity index (χ1v) is 10.1. The Morgan fingerprint density at radius 3 is 1.50 bits per heavy atom. The molecule has 0 aliphatic rings. The van der Waals surface area contributed by atoms with Gasteiger partial charge in [-0.2, -0.15) is 0 Å². The van der Waals surface area contributed by atoms with Gasteiger partial charge in [0, 0.05) is 5.16 Å². The maximum Gasteiger partial charge on any atom is 0.189 e. The van der Waals surface area contributed by atoms with Gasteiger partial charge in [0.1, 0.15) is 0 Å². The third-order valence-corrected chi connectivity index (χ3v) is 7.02. The van der Waals surface area contributed by atoms with E-state index in [9.17, 15) is 9.79 Å². The first kappa shape index (κ1) is 18.6. The van der Waals surface area contributed by atoms with E-state index >= 15 is 0 Å². The van der Waals surface area contributed by atoms with E-state index in [0.717, 1.165) is 25.7 Å². The second-order valence-electron chi connectivity index (χ2n) is 5.66. The lowest BCUT2D eigenvalue weighted by molar-refractivity contribution is 0.376. The second kappa shape index (κ2) is 9.47. The predicted molar refractivity (Wildman–Crippen MR) is 84.6 cm³/mol. The molecule has 0 saturated heterocycles. The topological polar surface area (TPSA) is 40.5 Å². The van der Waals surface area contributed by atoms with Gasteiger partial charge in [-0.25, -0.2) is 0 Å². The van der Waals surface area contributed by atoms with Crippen LogP contribution in [0.5, 0.6) is 0 Å². The average Bonchev–Trinajstić information content (AvgIpc) is 2.29. The van der Waals surface area contributed by atoms with Gasteiger partial charge in [0.2, 0.25) is 0 Å². The maximum absolute atomic E-state index is 9.93. The van der Waals surface area contributed by atoms with E-state index in [2.05, 4.69) is 13.8 Å². The average molecular weight is 294 g/mol. The van der Waals surface area contributed by atoms with Crippen LogP contribution in [0.15, 0.2) is 0 Å². The lowest BCUT2D eigenvalue weighted by Crippen LogP contribution is -2.24. The number of hydrogen-bond acceptors (Lipinski definition) is 1. The summed E-state index contributed by atoms with van der Waals surface area (Å²) in [7, 11) is 0. The third-order valence-electron chi connectivity index (χ3n) is 3.84. The van der Waals surface area contributed by atoms with E-state index in [1.165, 1.54) is 38.5 Å². The van der Waals surface area contributed by atoms with Crippen LogP contribution >= 0.6 is 6.49 Å². The predicted octanol–water partition coefficient (Wildman–Crippen LogP) is 4.98.